The van der Waals surface area contributed by atoms with Crippen LogP contribution in [0.3, 0.4) is 0 Å². The van der Waals surface area contributed by atoms with E-state index in [0.29, 0.717) is 50.5 Å². The van der Waals surface area contributed by atoms with Crippen LogP contribution in [0.15, 0.2) is 12.2 Å². The van der Waals surface area contributed by atoms with Crippen LogP contribution in [0, 0.1) is 5.92 Å². The molecule has 170 valence electrons. The van der Waals surface area contributed by atoms with Crippen LogP contribution in [0.4, 0.5) is 0 Å². The lowest BCUT2D eigenvalue weighted by Crippen LogP contribution is -2.46. The number of esters is 2. The van der Waals surface area contributed by atoms with Crippen LogP contribution in [-0.4, -0.2) is 59.3 Å². The van der Waals surface area contributed by atoms with Crippen molar-refractivity contribution in [2.45, 2.75) is 108 Å². The zero-order valence-electron chi connectivity index (χ0n) is 18.9. The standard InChI is InChI=1S/C23H36O7/c1-14(20(25)27-6)16-7-10-21(3,26)17-8-11-22(4,29-17)18(28-15(2)24)9-12-23(5)19(13-16)30-23/h16-19,26H,1,7-13H2,2-6H3/t16-,17+,18+,19+,21-,22-,23+/m1/s1. The Hall–Kier alpha value is -1.44. The third kappa shape index (κ3) is 4.73. The summed E-state index contributed by atoms with van der Waals surface area (Å²) in [7, 11) is 1.35. The summed E-state index contributed by atoms with van der Waals surface area (Å²) in [5.74, 6) is -0.906. The Morgan fingerprint density at radius 2 is 1.63 bits per heavy atom. The Balaban J connectivity index is 1.86. The van der Waals surface area contributed by atoms with E-state index in [1.54, 1.807) is 6.92 Å². The average Bonchev–Trinajstić information content (AvgIpc) is 3.11. The Labute approximate surface area is 179 Å². The smallest absolute Gasteiger partial charge is 0.333 e. The molecule has 0 unspecified atom stereocenters. The molecule has 0 spiro atoms. The van der Waals surface area contributed by atoms with Gasteiger partial charge in [-0.3, -0.25) is 4.79 Å². The number of carbonyl (C=O) groups excluding carboxylic acids is 2. The lowest BCUT2D eigenvalue weighted by molar-refractivity contribution is -0.184. The van der Waals surface area contributed by atoms with E-state index in [4.69, 9.17) is 18.9 Å². The normalized spacial score (nSPS) is 43.9. The molecule has 3 fully saturated rings. The maximum Gasteiger partial charge on any atom is 0.333 e. The van der Waals surface area contributed by atoms with Gasteiger partial charge in [-0.2, -0.15) is 0 Å². The Morgan fingerprint density at radius 1 is 1.00 bits per heavy atom. The summed E-state index contributed by atoms with van der Waals surface area (Å²) in [6, 6.07) is 0. The van der Waals surface area contributed by atoms with Gasteiger partial charge >= 0.3 is 11.9 Å². The van der Waals surface area contributed by atoms with E-state index in [1.165, 1.54) is 14.0 Å². The van der Waals surface area contributed by atoms with Gasteiger partial charge in [0.2, 0.25) is 0 Å². The number of aliphatic hydroxyl groups is 1. The Bertz CT molecular complexity index is 702. The minimum atomic E-state index is -1.07. The third-order valence-corrected chi connectivity index (χ3v) is 7.37. The monoisotopic (exact) mass is 424 g/mol. The number of methoxy groups -OCH3 is 1. The summed E-state index contributed by atoms with van der Waals surface area (Å²) in [6.45, 7) is 11.2. The summed E-state index contributed by atoms with van der Waals surface area (Å²) >= 11 is 0. The van der Waals surface area contributed by atoms with Gasteiger partial charge in [-0.1, -0.05) is 6.58 Å². The van der Waals surface area contributed by atoms with Gasteiger partial charge in [-0.15, -0.1) is 0 Å². The first-order valence-electron chi connectivity index (χ1n) is 10.9. The van der Waals surface area contributed by atoms with Crippen molar-refractivity contribution in [3.05, 3.63) is 12.2 Å². The van der Waals surface area contributed by atoms with Crippen molar-refractivity contribution in [3.63, 3.8) is 0 Å². The van der Waals surface area contributed by atoms with Gasteiger partial charge in [-0.25, -0.2) is 4.79 Å². The molecule has 0 aliphatic carbocycles. The number of hydrogen-bond donors (Lipinski definition) is 1. The highest BCUT2D eigenvalue weighted by Crippen LogP contribution is 2.49. The topological polar surface area (TPSA) is 94.6 Å². The highest BCUT2D eigenvalue weighted by Gasteiger charge is 2.56. The summed E-state index contributed by atoms with van der Waals surface area (Å²) < 4.78 is 22.9. The van der Waals surface area contributed by atoms with Gasteiger partial charge in [0.15, 0.2) is 0 Å². The first-order valence-corrected chi connectivity index (χ1v) is 10.9. The molecule has 3 aliphatic rings. The zero-order chi connectivity index (χ0) is 22.3. The van der Waals surface area contributed by atoms with Crippen LogP contribution < -0.4 is 0 Å². The van der Waals surface area contributed by atoms with E-state index >= 15 is 0 Å². The summed E-state index contributed by atoms with van der Waals surface area (Å²) in [5, 5.41) is 11.2. The fourth-order valence-corrected chi connectivity index (χ4v) is 5.07. The van der Waals surface area contributed by atoms with Crippen molar-refractivity contribution >= 4 is 11.9 Å². The number of fused-ring (bicyclic) bond motifs is 3. The number of epoxide rings is 1. The maximum atomic E-state index is 12.1. The Morgan fingerprint density at radius 3 is 2.27 bits per heavy atom. The maximum absolute atomic E-state index is 12.1. The third-order valence-electron chi connectivity index (χ3n) is 7.37. The molecule has 0 aromatic heterocycles. The van der Waals surface area contributed by atoms with Crippen molar-refractivity contribution < 1.29 is 33.6 Å². The predicted molar refractivity (Wildman–Crippen MR) is 110 cm³/mol. The van der Waals surface area contributed by atoms with Crippen molar-refractivity contribution in [1.29, 1.82) is 0 Å². The lowest BCUT2D eigenvalue weighted by Gasteiger charge is -2.37. The van der Waals surface area contributed by atoms with E-state index in [1.807, 2.05) is 6.92 Å². The largest absolute Gasteiger partial charge is 0.466 e. The summed E-state index contributed by atoms with van der Waals surface area (Å²) in [5.41, 5.74) is -1.65. The molecule has 0 aromatic carbocycles. The van der Waals surface area contributed by atoms with Crippen LogP contribution in [0.2, 0.25) is 0 Å². The molecule has 0 radical (unpaired) electrons. The molecule has 0 aromatic rings. The van der Waals surface area contributed by atoms with Gasteiger partial charge in [0.05, 0.1) is 30.5 Å². The average molecular weight is 425 g/mol. The highest BCUT2D eigenvalue weighted by molar-refractivity contribution is 5.88. The molecule has 3 rings (SSSR count). The second-order valence-corrected chi connectivity index (χ2v) is 9.86. The highest BCUT2D eigenvalue weighted by atomic mass is 16.6. The van der Waals surface area contributed by atoms with E-state index in [-0.39, 0.29) is 29.7 Å². The number of rotatable bonds is 3. The SMILES string of the molecule is C=C(C(=O)OC)[C@@H]1CC[C@@](C)(O)[C@@H]2CC[C@@](C)(O2)[C@@H](OC(C)=O)CC[C@]2(C)O[C@H]2C1. The molecule has 7 atom stereocenters. The van der Waals surface area contributed by atoms with Gasteiger partial charge in [0, 0.05) is 12.5 Å². The van der Waals surface area contributed by atoms with Crippen molar-refractivity contribution in [1.82, 2.24) is 0 Å². The molecule has 7 heteroatoms. The van der Waals surface area contributed by atoms with Crippen LogP contribution in [0.5, 0.6) is 0 Å². The molecule has 3 aliphatic heterocycles. The van der Waals surface area contributed by atoms with Crippen molar-refractivity contribution in [2.75, 3.05) is 7.11 Å². The zero-order valence-corrected chi connectivity index (χ0v) is 18.9. The van der Waals surface area contributed by atoms with Crippen molar-refractivity contribution in [2.24, 2.45) is 5.92 Å². The number of ether oxygens (including phenoxy) is 4. The second-order valence-electron chi connectivity index (χ2n) is 9.86. The van der Waals surface area contributed by atoms with Crippen molar-refractivity contribution in [3.8, 4) is 0 Å². The van der Waals surface area contributed by atoms with Crippen LogP contribution in [0.25, 0.3) is 0 Å². The minimum absolute atomic E-state index is 0.0153. The van der Waals surface area contributed by atoms with Crippen LogP contribution in [-0.2, 0) is 28.5 Å². The van der Waals surface area contributed by atoms with Crippen LogP contribution >= 0.6 is 0 Å². The molecule has 3 saturated heterocycles. The lowest BCUT2D eigenvalue weighted by atomic mass is 9.81. The Kier molecular flexibility index (Phi) is 6.38. The molecular formula is C23H36O7. The van der Waals surface area contributed by atoms with E-state index < -0.39 is 23.3 Å². The van der Waals surface area contributed by atoms with Gasteiger partial charge < -0.3 is 24.1 Å². The molecule has 2 bridgehead atoms. The molecular weight excluding hydrogens is 388 g/mol. The van der Waals surface area contributed by atoms with E-state index in [9.17, 15) is 14.7 Å². The molecule has 3 heterocycles. The molecule has 0 amide bonds. The van der Waals surface area contributed by atoms with Crippen LogP contribution in [0.1, 0.15) is 72.6 Å². The number of hydrogen-bond acceptors (Lipinski definition) is 7. The fourth-order valence-electron chi connectivity index (χ4n) is 5.07. The molecule has 7 nitrogen and oxygen atoms in total. The fraction of sp³-hybridized carbons (Fsp3) is 0.826. The molecule has 30 heavy (non-hydrogen) atoms. The van der Waals surface area contributed by atoms with Gasteiger partial charge in [0.25, 0.3) is 0 Å². The summed E-state index contributed by atoms with van der Waals surface area (Å²) in [6.07, 6.45) is 3.60. The number of carbonyl (C=O) groups is 2. The van der Waals surface area contributed by atoms with E-state index in [2.05, 4.69) is 13.5 Å². The molecule has 0 saturated carbocycles. The first kappa shape index (κ1) is 23.2. The first-order chi connectivity index (χ1) is 13.9. The van der Waals surface area contributed by atoms with E-state index in [0.717, 1.165) is 0 Å². The summed E-state index contributed by atoms with van der Waals surface area (Å²) in [4.78, 5) is 23.9. The second kappa shape index (κ2) is 8.24. The van der Waals surface area contributed by atoms with Gasteiger partial charge in [-0.05, 0) is 71.6 Å². The minimum Gasteiger partial charge on any atom is -0.466 e. The quantitative estimate of drug-likeness (QED) is 0.423. The van der Waals surface area contributed by atoms with Gasteiger partial charge in [0.1, 0.15) is 11.7 Å². The predicted octanol–water partition coefficient (Wildman–Crippen LogP) is 3.07. The molecule has 1 N–H and O–H groups in total.